The van der Waals surface area contributed by atoms with Gasteiger partial charge in [-0.15, -0.1) is 0 Å². The minimum absolute atomic E-state index is 0.251. The van der Waals surface area contributed by atoms with Crippen molar-refractivity contribution in [3.63, 3.8) is 0 Å². The van der Waals surface area contributed by atoms with Crippen molar-refractivity contribution < 1.29 is 38.2 Å². The number of aryl methyl sites for hydroxylation is 4. The smallest absolute Gasteiger partial charge is 0.266 e. The van der Waals surface area contributed by atoms with E-state index in [9.17, 15) is 28.8 Å². The molecule has 6 amide bonds. The molecule has 0 radical (unpaired) electrons. The molecule has 3 heterocycles. The summed E-state index contributed by atoms with van der Waals surface area (Å²) >= 11 is 0. The van der Waals surface area contributed by atoms with Crippen molar-refractivity contribution in [3.05, 3.63) is 253 Å². The SMILES string of the molecule is CCc1cc(Cc2cc(CC)c(N3C(=O)c4ccc(Oc5ccc(C(C)(C)c6ccc(Oc7ccc8c(c7)C(=O)N(c7ccc(Cc9ccc(N%10C(=O)C=CC%10=O)cc9)cc7)C8=O)cc6)cc5)cc4C3=O)c(CC)c2)cc(CC)c1C. The highest BCUT2D eigenvalue weighted by Crippen LogP contribution is 2.40. The van der Waals surface area contributed by atoms with Crippen LogP contribution >= 0.6 is 0 Å². The van der Waals surface area contributed by atoms with Gasteiger partial charge in [0.15, 0.2) is 0 Å². The Morgan fingerprint density at radius 3 is 1.16 bits per heavy atom. The number of nitrogens with zero attached hydrogens (tertiary/aromatic N) is 3. The van der Waals surface area contributed by atoms with Crippen LogP contribution in [0.2, 0.25) is 0 Å². The summed E-state index contributed by atoms with van der Waals surface area (Å²) in [5.41, 5.74) is 14.9. The maximum atomic E-state index is 14.3. The predicted octanol–water partition coefficient (Wildman–Crippen LogP) is 14.4. The third kappa shape index (κ3) is 10.0. The normalized spacial score (nSPS) is 13.9. The van der Waals surface area contributed by atoms with E-state index in [0.717, 1.165) is 57.5 Å². The summed E-state index contributed by atoms with van der Waals surface area (Å²) in [4.78, 5) is 83.6. The minimum atomic E-state index is -0.443. The number of carbonyl (C=O) groups is 6. The zero-order chi connectivity index (χ0) is 56.9. The number of hydrogen-bond acceptors (Lipinski definition) is 8. The molecule has 8 aromatic rings. The number of rotatable bonds is 17. The molecule has 0 unspecified atom stereocenters. The van der Waals surface area contributed by atoms with E-state index in [0.29, 0.717) is 76.0 Å². The molecule has 81 heavy (non-hydrogen) atoms. The summed E-state index contributed by atoms with van der Waals surface area (Å²) in [5.74, 6) is -0.283. The van der Waals surface area contributed by atoms with Gasteiger partial charge in [0.1, 0.15) is 23.0 Å². The zero-order valence-electron chi connectivity index (χ0n) is 46.5. The van der Waals surface area contributed by atoms with Crippen LogP contribution < -0.4 is 24.2 Å². The monoisotopic (exact) mass is 1070 g/mol. The van der Waals surface area contributed by atoms with Gasteiger partial charge in [-0.1, -0.05) is 114 Å². The van der Waals surface area contributed by atoms with E-state index >= 15 is 0 Å². The third-order valence-corrected chi connectivity index (χ3v) is 16.1. The number of benzene rings is 8. The van der Waals surface area contributed by atoms with Gasteiger partial charge in [0.25, 0.3) is 35.4 Å². The first-order valence-corrected chi connectivity index (χ1v) is 27.7. The maximum absolute atomic E-state index is 14.3. The second-order valence-corrected chi connectivity index (χ2v) is 21.4. The lowest BCUT2D eigenvalue weighted by Crippen LogP contribution is -2.31. The van der Waals surface area contributed by atoms with Crippen LogP contribution in [0.3, 0.4) is 0 Å². The van der Waals surface area contributed by atoms with Crippen LogP contribution in [0.1, 0.15) is 144 Å². The van der Waals surface area contributed by atoms with Crippen LogP contribution in [0.4, 0.5) is 17.1 Å². The third-order valence-electron chi connectivity index (χ3n) is 16.1. The summed E-state index contributed by atoms with van der Waals surface area (Å²) in [5, 5.41) is 0. The highest BCUT2D eigenvalue weighted by molar-refractivity contribution is 6.35. The van der Waals surface area contributed by atoms with Gasteiger partial charge in [0.2, 0.25) is 0 Å². The summed E-state index contributed by atoms with van der Waals surface area (Å²) in [6, 6.07) is 49.0. The van der Waals surface area contributed by atoms with Crippen LogP contribution in [-0.2, 0) is 53.5 Å². The van der Waals surface area contributed by atoms with Gasteiger partial charge in [-0.2, -0.15) is 0 Å². The lowest BCUT2D eigenvalue weighted by atomic mass is 9.78. The van der Waals surface area contributed by atoms with Gasteiger partial charge in [0.05, 0.1) is 39.3 Å². The molecular weight excluding hydrogens is 1010 g/mol. The van der Waals surface area contributed by atoms with Gasteiger partial charge in [-0.25, -0.2) is 14.7 Å². The molecule has 0 N–H and O–H groups in total. The number of hydrogen-bond donors (Lipinski definition) is 0. The van der Waals surface area contributed by atoms with E-state index in [1.807, 2.05) is 72.8 Å². The van der Waals surface area contributed by atoms with Gasteiger partial charge >= 0.3 is 0 Å². The fourth-order valence-corrected chi connectivity index (χ4v) is 11.5. The Labute approximate surface area is 472 Å². The molecule has 3 aliphatic heterocycles. The van der Waals surface area contributed by atoms with Crippen molar-refractivity contribution in [1.29, 1.82) is 0 Å². The van der Waals surface area contributed by atoms with Crippen molar-refractivity contribution >= 4 is 52.5 Å². The number of anilines is 3. The maximum Gasteiger partial charge on any atom is 0.266 e. The Morgan fingerprint density at radius 1 is 0.370 bits per heavy atom. The van der Waals surface area contributed by atoms with Crippen molar-refractivity contribution in [1.82, 2.24) is 0 Å². The lowest BCUT2D eigenvalue weighted by molar-refractivity contribution is -0.120. The largest absolute Gasteiger partial charge is 0.457 e. The summed E-state index contributed by atoms with van der Waals surface area (Å²) in [6.07, 6.45) is 7.14. The zero-order valence-corrected chi connectivity index (χ0v) is 46.5. The number of amides is 6. The Bertz CT molecular complexity index is 3840. The molecule has 0 saturated heterocycles. The number of carbonyl (C=O) groups excluding carboxylic acids is 6. The molecule has 3 aliphatic rings. The van der Waals surface area contributed by atoms with E-state index in [4.69, 9.17) is 9.47 Å². The van der Waals surface area contributed by atoms with Gasteiger partial charge in [-0.05, 0) is 192 Å². The van der Waals surface area contributed by atoms with Crippen LogP contribution in [0.5, 0.6) is 23.0 Å². The fourth-order valence-electron chi connectivity index (χ4n) is 11.5. The number of ether oxygens (including phenoxy) is 2. The van der Waals surface area contributed by atoms with Crippen molar-refractivity contribution in [2.24, 2.45) is 0 Å². The first-order chi connectivity index (χ1) is 39.1. The first kappa shape index (κ1) is 53.5. The Balaban J connectivity index is 0.718. The second-order valence-electron chi connectivity index (χ2n) is 21.4. The molecule has 0 fully saturated rings. The van der Waals surface area contributed by atoms with E-state index in [2.05, 4.69) is 72.7 Å². The van der Waals surface area contributed by atoms with E-state index in [1.54, 1.807) is 60.7 Å². The molecule has 11 heteroatoms. The summed E-state index contributed by atoms with van der Waals surface area (Å²) in [7, 11) is 0. The quantitative estimate of drug-likeness (QED) is 0.0824. The van der Waals surface area contributed by atoms with Gasteiger partial charge in [0, 0.05) is 17.6 Å². The second kappa shape index (κ2) is 21.6. The highest BCUT2D eigenvalue weighted by atomic mass is 16.5. The molecule has 0 saturated carbocycles. The van der Waals surface area contributed by atoms with E-state index in [1.165, 1.54) is 49.8 Å². The molecule has 11 nitrogen and oxygen atoms in total. The highest BCUT2D eigenvalue weighted by Gasteiger charge is 2.40. The Hall–Kier alpha value is -9.48. The van der Waals surface area contributed by atoms with Crippen LogP contribution in [-0.4, -0.2) is 35.4 Å². The molecule has 0 atom stereocenters. The summed E-state index contributed by atoms with van der Waals surface area (Å²) in [6.45, 7) is 15.0. The molecule has 11 rings (SSSR count). The lowest BCUT2D eigenvalue weighted by Gasteiger charge is -2.26. The van der Waals surface area contributed by atoms with E-state index in [-0.39, 0.29) is 29.2 Å². The summed E-state index contributed by atoms with van der Waals surface area (Å²) < 4.78 is 12.6. The van der Waals surface area contributed by atoms with Crippen molar-refractivity contribution in [2.45, 2.75) is 92.4 Å². The van der Waals surface area contributed by atoms with Crippen LogP contribution in [0, 0.1) is 6.92 Å². The Kier molecular flexibility index (Phi) is 14.3. The average molecular weight is 1070 g/mol. The van der Waals surface area contributed by atoms with Crippen molar-refractivity contribution in [2.75, 3.05) is 14.7 Å². The molecular formula is C70H61N3O8. The van der Waals surface area contributed by atoms with Crippen molar-refractivity contribution in [3.8, 4) is 23.0 Å². The minimum Gasteiger partial charge on any atom is -0.457 e. The fraction of sp³-hybridized carbons (Fsp3) is 0.200. The topological polar surface area (TPSA) is 131 Å². The van der Waals surface area contributed by atoms with Crippen LogP contribution in [0.15, 0.2) is 170 Å². The predicted molar refractivity (Wildman–Crippen MR) is 316 cm³/mol. The molecule has 404 valence electrons. The number of imide groups is 3. The molecule has 8 aromatic carbocycles. The van der Waals surface area contributed by atoms with Gasteiger partial charge in [-0.3, -0.25) is 28.8 Å². The van der Waals surface area contributed by atoms with E-state index < -0.39 is 17.2 Å². The average Bonchev–Trinajstić information content (AvgIpc) is 4.02. The first-order valence-electron chi connectivity index (χ1n) is 27.7. The molecule has 0 aromatic heterocycles. The van der Waals surface area contributed by atoms with Crippen LogP contribution in [0.25, 0.3) is 0 Å². The standard InChI is InChI=1S/C70H61N3O8/c1-8-47-36-45(37-48(9-2)42(47)5)35-46-38-49(10-3)65(50(11-4)39-46)73-67(77)60-31-29-58(41-62(60)69(73)79)81-56-26-18-52(19-27-56)70(6,7)51-16-24-55(25-17-51)80-57-28-30-59-61(40-57)68(78)72(66(59)76)54-22-14-44(15-23-54)34-43-12-20-53(21-13-43)71-63(74)32-33-64(71)75/h12-33,36-41H,8-11,34-35H2,1-7H3. The Morgan fingerprint density at radius 2 is 0.728 bits per heavy atom. The molecule has 0 aliphatic carbocycles. The molecule has 0 spiro atoms. The van der Waals surface area contributed by atoms with Gasteiger partial charge < -0.3 is 9.47 Å². The number of fused-ring (bicyclic) bond motifs is 2. The molecule has 0 bridgehead atoms.